The Morgan fingerprint density at radius 3 is 2.93 bits per heavy atom. The Kier molecular flexibility index (Phi) is 4.11. The maximum Gasteiger partial charge on any atom is 0.404 e. The van der Waals surface area contributed by atoms with Gasteiger partial charge in [-0.2, -0.15) is 0 Å². The summed E-state index contributed by atoms with van der Waals surface area (Å²) < 4.78 is 5.71. The van der Waals surface area contributed by atoms with Gasteiger partial charge < -0.3 is 15.2 Å². The summed E-state index contributed by atoms with van der Waals surface area (Å²) in [6.45, 7) is 0.440. The summed E-state index contributed by atoms with van der Waals surface area (Å²) in [5.74, 6) is 0.361. The highest BCUT2D eigenvalue weighted by Crippen LogP contribution is 2.07. The van der Waals surface area contributed by atoms with Crippen molar-refractivity contribution in [3.05, 3.63) is 17.0 Å². The molecule has 0 unspecified atom stereocenters. The van der Waals surface area contributed by atoms with Gasteiger partial charge in [-0.3, -0.25) is 0 Å². The number of hydrogen-bond acceptors (Lipinski definition) is 4. The van der Waals surface area contributed by atoms with E-state index < -0.39 is 6.09 Å². The summed E-state index contributed by atoms with van der Waals surface area (Å²) in [5.41, 5.74) is 0. The molecule has 1 heterocycles. The molecule has 1 aromatic rings. The van der Waals surface area contributed by atoms with E-state index in [2.05, 4.69) is 31.2 Å². The summed E-state index contributed by atoms with van der Waals surface area (Å²) in [5, 5.41) is 10.4. The topological polar surface area (TPSA) is 84.3 Å². The molecule has 7 heteroatoms. The largest absolute Gasteiger partial charge is 0.475 e. The van der Waals surface area contributed by atoms with Crippen LogP contribution in [0.5, 0.6) is 5.88 Å². The van der Waals surface area contributed by atoms with Gasteiger partial charge in [0.1, 0.15) is 11.2 Å². The van der Waals surface area contributed by atoms with E-state index in [1.807, 2.05) is 0 Å². The second-order valence-corrected chi connectivity index (χ2v) is 3.07. The van der Waals surface area contributed by atoms with E-state index in [1.165, 1.54) is 12.4 Å². The van der Waals surface area contributed by atoms with E-state index >= 15 is 0 Å². The standard InChI is InChI=1S/C7H8BrN3O3/c8-5-3-11-6(4-10-5)14-2-1-9-7(12)13/h3-4,9H,1-2H2,(H,12,13). The Morgan fingerprint density at radius 2 is 2.36 bits per heavy atom. The highest BCUT2D eigenvalue weighted by molar-refractivity contribution is 9.10. The lowest BCUT2D eigenvalue weighted by atomic mass is 10.6. The molecule has 0 aliphatic rings. The third-order valence-electron chi connectivity index (χ3n) is 1.22. The zero-order valence-electron chi connectivity index (χ0n) is 7.11. The van der Waals surface area contributed by atoms with E-state index in [-0.39, 0.29) is 13.2 Å². The normalized spacial score (nSPS) is 9.50. The first kappa shape index (κ1) is 10.7. The molecule has 0 aliphatic carbocycles. The van der Waals surface area contributed by atoms with Gasteiger partial charge in [0.05, 0.1) is 18.9 Å². The Balaban J connectivity index is 2.25. The molecule has 0 saturated heterocycles. The predicted molar refractivity (Wildman–Crippen MR) is 51.3 cm³/mol. The molecule has 0 spiro atoms. The molecule has 0 fully saturated rings. The van der Waals surface area contributed by atoms with Crippen LogP contribution in [-0.4, -0.2) is 34.3 Å². The molecule has 0 aromatic carbocycles. The van der Waals surface area contributed by atoms with Gasteiger partial charge in [0, 0.05) is 0 Å². The molecule has 0 saturated carbocycles. The van der Waals surface area contributed by atoms with Crippen LogP contribution in [0, 0.1) is 0 Å². The fourth-order valence-electron chi connectivity index (χ4n) is 0.689. The maximum atomic E-state index is 10.1. The molecule has 14 heavy (non-hydrogen) atoms. The van der Waals surface area contributed by atoms with Gasteiger partial charge in [0.15, 0.2) is 0 Å². The van der Waals surface area contributed by atoms with Crippen molar-refractivity contribution < 1.29 is 14.6 Å². The average Bonchev–Trinajstić information content (AvgIpc) is 2.15. The van der Waals surface area contributed by atoms with Crippen molar-refractivity contribution >= 4 is 22.0 Å². The summed E-state index contributed by atoms with van der Waals surface area (Å²) in [6, 6.07) is 0. The lowest BCUT2D eigenvalue weighted by Gasteiger charge is -2.03. The van der Waals surface area contributed by atoms with Gasteiger partial charge in [0.2, 0.25) is 5.88 Å². The van der Waals surface area contributed by atoms with Gasteiger partial charge in [0.25, 0.3) is 0 Å². The molecule has 1 amide bonds. The number of nitrogens with zero attached hydrogens (tertiary/aromatic N) is 2. The minimum atomic E-state index is -1.07. The van der Waals surface area contributed by atoms with Gasteiger partial charge in [-0.05, 0) is 15.9 Å². The number of rotatable bonds is 4. The number of aromatic nitrogens is 2. The smallest absolute Gasteiger partial charge is 0.404 e. The second-order valence-electron chi connectivity index (χ2n) is 2.26. The number of hydrogen-bond donors (Lipinski definition) is 2. The monoisotopic (exact) mass is 261 g/mol. The molecule has 1 aromatic heterocycles. The van der Waals surface area contributed by atoms with E-state index in [9.17, 15) is 4.79 Å². The molecule has 1 rings (SSSR count). The van der Waals surface area contributed by atoms with Gasteiger partial charge in [-0.25, -0.2) is 14.8 Å². The fourth-order valence-corrected chi connectivity index (χ4v) is 0.893. The molecule has 6 nitrogen and oxygen atoms in total. The summed E-state index contributed by atoms with van der Waals surface area (Å²) in [4.78, 5) is 17.8. The van der Waals surface area contributed by atoms with Crippen molar-refractivity contribution in [1.82, 2.24) is 15.3 Å². The lowest BCUT2D eigenvalue weighted by Crippen LogP contribution is -2.26. The molecular weight excluding hydrogens is 254 g/mol. The molecular formula is C7H8BrN3O3. The third-order valence-corrected chi connectivity index (χ3v) is 1.63. The van der Waals surface area contributed by atoms with Crippen molar-refractivity contribution in [2.45, 2.75) is 0 Å². The number of amides is 1. The average molecular weight is 262 g/mol. The van der Waals surface area contributed by atoms with Crippen LogP contribution in [0.4, 0.5) is 4.79 Å². The summed E-state index contributed by atoms with van der Waals surface area (Å²) in [6.07, 6.45) is 1.88. The zero-order chi connectivity index (χ0) is 10.4. The van der Waals surface area contributed by atoms with Crippen molar-refractivity contribution in [3.8, 4) is 5.88 Å². The van der Waals surface area contributed by atoms with E-state index in [1.54, 1.807) is 0 Å². The quantitative estimate of drug-likeness (QED) is 0.787. The minimum Gasteiger partial charge on any atom is -0.475 e. The van der Waals surface area contributed by atoms with E-state index in [4.69, 9.17) is 9.84 Å². The Hall–Kier alpha value is -1.37. The first-order valence-corrected chi connectivity index (χ1v) is 4.55. The third kappa shape index (κ3) is 4.04. The van der Waals surface area contributed by atoms with Crippen LogP contribution in [0.15, 0.2) is 17.0 Å². The Bertz CT molecular complexity index is 304. The van der Waals surface area contributed by atoms with Crippen LogP contribution in [0.2, 0.25) is 0 Å². The van der Waals surface area contributed by atoms with Crippen LogP contribution >= 0.6 is 15.9 Å². The number of nitrogens with one attached hydrogen (secondary N) is 1. The Morgan fingerprint density at radius 1 is 1.57 bits per heavy atom. The highest BCUT2D eigenvalue weighted by atomic mass is 79.9. The fraction of sp³-hybridized carbons (Fsp3) is 0.286. The molecule has 0 radical (unpaired) electrons. The number of carbonyl (C=O) groups is 1. The maximum absolute atomic E-state index is 10.1. The first-order chi connectivity index (χ1) is 6.68. The lowest BCUT2D eigenvalue weighted by molar-refractivity contribution is 0.190. The van der Waals surface area contributed by atoms with Crippen molar-refractivity contribution in [2.75, 3.05) is 13.2 Å². The van der Waals surface area contributed by atoms with Crippen molar-refractivity contribution in [2.24, 2.45) is 0 Å². The van der Waals surface area contributed by atoms with Gasteiger partial charge >= 0.3 is 6.09 Å². The summed E-state index contributed by atoms with van der Waals surface area (Å²) >= 11 is 3.13. The van der Waals surface area contributed by atoms with Crippen LogP contribution in [0.3, 0.4) is 0 Å². The number of carboxylic acid groups (broad SMARTS) is 1. The van der Waals surface area contributed by atoms with Crippen LogP contribution in [-0.2, 0) is 0 Å². The van der Waals surface area contributed by atoms with Crippen molar-refractivity contribution in [3.63, 3.8) is 0 Å². The van der Waals surface area contributed by atoms with Gasteiger partial charge in [-0.15, -0.1) is 0 Å². The molecule has 2 N–H and O–H groups in total. The van der Waals surface area contributed by atoms with E-state index in [0.29, 0.717) is 10.5 Å². The first-order valence-electron chi connectivity index (χ1n) is 3.75. The van der Waals surface area contributed by atoms with E-state index in [0.717, 1.165) is 0 Å². The summed E-state index contributed by atoms with van der Waals surface area (Å²) in [7, 11) is 0. The van der Waals surface area contributed by atoms with Crippen LogP contribution in [0.25, 0.3) is 0 Å². The molecule has 0 aliphatic heterocycles. The highest BCUT2D eigenvalue weighted by Gasteiger charge is 1.97. The Labute approximate surface area is 88.5 Å². The molecule has 76 valence electrons. The van der Waals surface area contributed by atoms with Crippen LogP contribution in [0.1, 0.15) is 0 Å². The number of ether oxygens (including phenoxy) is 1. The molecule has 0 bridgehead atoms. The predicted octanol–water partition coefficient (Wildman–Crippen LogP) is 0.885. The van der Waals surface area contributed by atoms with Crippen LogP contribution < -0.4 is 10.1 Å². The number of halogens is 1. The van der Waals surface area contributed by atoms with Gasteiger partial charge in [-0.1, -0.05) is 0 Å². The second kappa shape index (κ2) is 5.38. The van der Waals surface area contributed by atoms with Crippen molar-refractivity contribution in [1.29, 1.82) is 0 Å². The molecule has 0 atom stereocenters. The minimum absolute atomic E-state index is 0.215. The SMILES string of the molecule is O=C(O)NCCOc1cnc(Br)cn1. The zero-order valence-corrected chi connectivity index (χ0v) is 8.69.